The Morgan fingerprint density at radius 2 is 2.00 bits per heavy atom. The van der Waals surface area contributed by atoms with Crippen molar-refractivity contribution in [3.8, 4) is 0 Å². The lowest BCUT2D eigenvalue weighted by Gasteiger charge is -2.02. The second kappa shape index (κ2) is 3.45. The average molecular weight is 189 g/mol. The van der Waals surface area contributed by atoms with Crippen molar-refractivity contribution in [2.75, 3.05) is 0 Å². The van der Waals surface area contributed by atoms with Crippen molar-refractivity contribution in [3.05, 3.63) is 30.1 Å². The molecule has 0 aliphatic heterocycles. The molecule has 0 fully saturated rings. The number of para-hydroxylation sites is 2. The summed E-state index contributed by atoms with van der Waals surface area (Å²) < 4.78 is 2.35. The molecular weight excluding hydrogens is 172 g/mol. The molecule has 2 aromatic rings. The molecule has 0 unspecified atom stereocenters. The first kappa shape index (κ1) is 9.25. The molecule has 1 N–H and O–H groups in total. The molecular formula is C12H17N2+. The van der Waals surface area contributed by atoms with Gasteiger partial charge >= 0.3 is 0 Å². The van der Waals surface area contributed by atoms with Crippen LogP contribution in [0.25, 0.3) is 11.0 Å². The predicted octanol–water partition coefficient (Wildman–Crippen LogP) is 2.42. The van der Waals surface area contributed by atoms with Gasteiger partial charge in [-0.15, -0.1) is 0 Å². The first-order valence-corrected chi connectivity index (χ1v) is 5.15. The summed E-state index contributed by atoms with van der Waals surface area (Å²) in [6, 6.07) is 8.45. The van der Waals surface area contributed by atoms with Crippen molar-refractivity contribution in [1.29, 1.82) is 0 Å². The zero-order chi connectivity index (χ0) is 10.1. The molecule has 0 amide bonds. The minimum Gasteiger partial charge on any atom is -0.241 e. The molecule has 0 saturated carbocycles. The molecule has 0 spiro atoms. The highest BCUT2D eigenvalue weighted by Crippen LogP contribution is 2.09. The fraction of sp³-hybridized carbons (Fsp3) is 0.417. The first-order valence-electron chi connectivity index (χ1n) is 5.15. The van der Waals surface area contributed by atoms with Crippen molar-refractivity contribution in [1.82, 2.24) is 4.98 Å². The Morgan fingerprint density at radius 3 is 2.71 bits per heavy atom. The summed E-state index contributed by atoms with van der Waals surface area (Å²) in [6.45, 7) is 7.70. The van der Waals surface area contributed by atoms with Crippen molar-refractivity contribution < 1.29 is 4.57 Å². The first-order chi connectivity index (χ1) is 6.68. The van der Waals surface area contributed by atoms with Crippen LogP contribution in [-0.4, -0.2) is 4.98 Å². The van der Waals surface area contributed by atoms with E-state index in [-0.39, 0.29) is 0 Å². The largest absolute Gasteiger partial charge is 0.251 e. The minimum absolute atomic E-state index is 0.679. The fourth-order valence-corrected chi connectivity index (χ4v) is 1.86. The fourth-order valence-electron chi connectivity index (χ4n) is 1.86. The van der Waals surface area contributed by atoms with Crippen LogP contribution in [0.3, 0.4) is 0 Å². The number of aromatic amines is 1. The number of hydrogen-bond acceptors (Lipinski definition) is 0. The summed E-state index contributed by atoms with van der Waals surface area (Å²) in [5.74, 6) is 1.91. The van der Waals surface area contributed by atoms with E-state index in [4.69, 9.17) is 0 Å². The van der Waals surface area contributed by atoms with E-state index in [1.807, 2.05) is 0 Å². The third kappa shape index (κ3) is 1.52. The molecule has 0 bridgehead atoms. The van der Waals surface area contributed by atoms with Gasteiger partial charge in [0.05, 0.1) is 6.54 Å². The van der Waals surface area contributed by atoms with E-state index in [9.17, 15) is 0 Å². The van der Waals surface area contributed by atoms with Gasteiger partial charge in [-0.2, -0.15) is 0 Å². The summed E-state index contributed by atoms with van der Waals surface area (Å²) in [6.07, 6.45) is 0. The third-order valence-corrected chi connectivity index (χ3v) is 2.46. The zero-order valence-corrected chi connectivity index (χ0v) is 9.04. The Labute approximate surface area is 84.6 Å². The molecule has 0 radical (unpaired) electrons. The molecule has 1 aromatic carbocycles. The van der Waals surface area contributed by atoms with E-state index < -0.39 is 0 Å². The Morgan fingerprint density at radius 1 is 1.29 bits per heavy atom. The monoisotopic (exact) mass is 189 g/mol. The van der Waals surface area contributed by atoms with E-state index in [0.717, 1.165) is 6.54 Å². The van der Waals surface area contributed by atoms with Gasteiger partial charge in [0.1, 0.15) is 0 Å². The molecule has 74 valence electrons. The summed E-state index contributed by atoms with van der Waals surface area (Å²) in [7, 11) is 0. The van der Waals surface area contributed by atoms with E-state index in [1.165, 1.54) is 16.9 Å². The average Bonchev–Trinajstić information content (AvgIpc) is 2.43. The number of rotatable bonds is 2. The number of H-pyrrole nitrogens is 1. The van der Waals surface area contributed by atoms with Crippen LogP contribution in [0, 0.1) is 12.8 Å². The van der Waals surface area contributed by atoms with Crippen LogP contribution in [0.15, 0.2) is 24.3 Å². The van der Waals surface area contributed by atoms with Crippen LogP contribution in [0.4, 0.5) is 0 Å². The van der Waals surface area contributed by atoms with E-state index in [1.54, 1.807) is 0 Å². The molecule has 2 nitrogen and oxygen atoms in total. The van der Waals surface area contributed by atoms with Gasteiger partial charge in [0.2, 0.25) is 0 Å². The highest BCUT2D eigenvalue weighted by atomic mass is 15.1. The van der Waals surface area contributed by atoms with E-state index in [0.29, 0.717) is 5.92 Å². The Bertz CT molecular complexity index is 441. The quantitative estimate of drug-likeness (QED) is 0.700. The molecule has 14 heavy (non-hydrogen) atoms. The number of imidazole rings is 1. The Hall–Kier alpha value is -1.31. The van der Waals surface area contributed by atoms with Crippen LogP contribution >= 0.6 is 0 Å². The van der Waals surface area contributed by atoms with Crippen molar-refractivity contribution in [2.45, 2.75) is 27.3 Å². The molecule has 0 aliphatic carbocycles. The second-order valence-corrected chi connectivity index (χ2v) is 4.23. The van der Waals surface area contributed by atoms with Gasteiger partial charge in [-0.3, -0.25) is 0 Å². The summed E-state index contributed by atoms with van der Waals surface area (Å²) in [4.78, 5) is 3.40. The minimum atomic E-state index is 0.679. The number of aryl methyl sites for hydroxylation is 1. The maximum atomic E-state index is 3.40. The predicted molar refractivity (Wildman–Crippen MR) is 58.1 cm³/mol. The maximum absolute atomic E-state index is 3.40. The smallest absolute Gasteiger partial charge is 0.241 e. The van der Waals surface area contributed by atoms with Gasteiger partial charge in [0.25, 0.3) is 5.82 Å². The molecule has 0 atom stereocenters. The zero-order valence-electron chi connectivity index (χ0n) is 9.04. The third-order valence-electron chi connectivity index (χ3n) is 2.46. The summed E-state index contributed by atoms with van der Waals surface area (Å²) in [5.41, 5.74) is 2.53. The van der Waals surface area contributed by atoms with Gasteiger partial charge in [-0.1, -0.05) is 26.0 Å². The normalized spacial score (nSPS) is 11.4. The van der Waals surface area contributed by atoms with Crippen LogP contribution in [0.5, 0.6) is 0 Å². The van der Waals surface area contributed by atoms with Crippen LogP contribution in [0.2, 0.25) is 0 Å². The van der Waals surface area contributed by atoms with Crippen molar-refractivity contribution in [3.63, 3.8) is 0 Å². The van der Waals surface area contributed by atoms with Gasteiger partial charge in [0, 0.05) is 6.92 Å². The Kier molecular flexibility index (Phi) is 2.28. The summed E-state index contributed by atoms with van der Waals surface area (Å²) >= 11 is 0. The lowest BCUT2D eigenvalue weighted by atomic mass is 10.2. The van der Waals surface area contributed by atoms with E-state index >= 15 is 0 Å². The topological polar surface area (TPSA) is 19.7 Å². The number of benzene rings is 1. The van der Waals surface area contributed by atoms with Gasteiger partial charge in [-0.05, 0) is 18.1 Å². The van der Waals surface area contributed by atoms with Crippen LogP contribution in [-0.2, 0) is 6.54 Å². The SMILES string of the molecule is Cc1[nH]c2ccccc2[n+]1CC(C)C. The lowest BCUT2D eigenvalue weighted by Crippen LogP contribution is -2.38. The molecule has 1 heterocycles. The molecule has 0 saturated heterocycles. The van der Waals surface area contributed by atoms with Crippen molar-refractivity contribution >= 4 is 11.0 Å². The van der Waals surface area contributed by atoms with Crippen LogP contribution in [0.1, 0.15) is 19.7 Å². The van der Waals surface area contributed by atoms with Gasteiger partial charge in [0.15, 0.2) is 11.0 Å². The standard InChI is InChI=1S/C12H16N2/c1-9(2)8-14-10(3)13-11-6-4-5-7-12(11)14/h4-7,9H,8H2,1-3H3/p+1. The number of nitrogens with one attached hydrogen (secondary N) is 1. The van der Waals surface area contributed by atoms with Gasteiger partial charge < -0.3 is 0 Å². The number of fused-ring (bicyclic) bond motifs is 1. The highest BCUT2D eigenvalue weighted by Gasteiger charge is 2.14. The number of aromatic nitrogens is 2. The highest BCUT2D eigenvalue weighted by molar-refractivity contribution is 5.70. The van der Waals surface area contributed by atoms with Gasteiger partial charge in [-0.25, -0.2) is 9.55 Å². The molecule has 0 aliphatic rings. The second-order valence-electron chi connectivity index (χ2n) is 4.23. The molecule has 1 aromatic heterocycles. The van der Waals surface area contributed by atoms with E-state index in [2.05, 4.69) is 54.6 Å². The maximum Gasteiger partial charge on any atom is 0.251 e. The molecule has 2 rings (SSSR count). The Balaban J connectivity index is 2.56. The van der Waals surface area contributed by atoms with Crippen LogP contribution < -0.4 is 4.57 Å². The lowest BCUT2D eigenvalue weighted by molar-refractivity contribution is -0.682. The number of hydrogen-bond donors (Lipinski definition) is 1. The number of nitrogens with zero attached hydrogens (tertiary/aromatic N) is 1. The summed E-state index contributed by atoms with van der Waals surface area (Å²) in [5, 5.41) is 0. The van der Waals surface area contributed by atoms with Crippen molar-refractivity contribution in [2.24, 2.45) is 5.92 Å². The molecule has 2 heteroatoms.